The minimum atomic E-state index is -0.181. The number of hydrogen-bond acceptors (Lipinski definition) is 1. The molecule has 1 heterocycles. The van der Waals surface area contributed by atoms with Gasteiger partial charge in [-0.3, -0.25) is 0 Å². The minimum absolute atomic E-state index is 0.0470. The number of rotatable bonds is 3. The van der Waals surface area contributed by atoms with Crippen LogP contribution in [-0.2, 0) is 18.4 Å². The molecule has 1 N–H and O–H groups in total. The SMILES string of the molecule is Cc1cc(F)ccc1CCn1c(C(C)(C)C)c[nH]c1=S. The second-order valence-corrected chi connectivity index (χ2v) is 6.59. The second-order valence-electron chi connectivity index (χ2n) is 6.20. The normalized spacial score (nSPS) is 11.8. The number of imidazole rings is 1. The number of nitrogens with zero attached hydrogens (tertiary/aromatic N) is 1. The number of H-pyrrole nitrogens is 1. The van der Waals surface area contributed by atoms with E-state index in [-0.39, 0.29) is 11.2 Å². The number of halogens is 1. The maximum atomic E-state index is 13.1. The van der Waals surface area contributed by atoms with Gasteiger partial charge in [0.2, 0.25) is 0 Å². The Kier molecular flexibility index (Phi) is 4.14. The highest BCUT2D eigenvalue weighted by Gasteiger charge is 2.19. The molecule has 2 aromatic rings. The molecule has 0 aliphatic carbocycles. The molecule has 0 saturated carbocycles. The van der Waals surface area contributed by atoms with E-state index in [0.717, 1.165) is 28.9 Å². The first-order chi connectivity index (χ1) is 9.29. The Balaban J connectivity index is 2.23. The summed E-state index contributed by atoms with van der Waals surface area (Å²) in [6.07, 6.45) is 2.83. The van der Waals surface area contributed by atoms with Crippen LogP contribution in [0.25, 0.3) is 0 Å². The first kappa shape index (κ1) is 15.0. The molecule has 0 aliphatic rings. The first-order valence-electron chi connectivity index (χ1n) is 6.83. The van der Waals surface area contributed by atoms with Gasteiger partial charge in [0.1, 0.15) is 5.82 Å². The van der Waals surface area contributed by atoms with Crippen molar-refractivity contribution in [2.45, 2.75) is 46.1 Å². The molecule has 0 atom stereocenters. The van der Waals surface area contributed by atoms with Gasteiger partial charge < -0.3 is 9.55 Å². The van der Waals surface area contributed by atoms with Gasteiger partial charge in [-0.05, 0) is 48.8 Å². The van der Waals surface area contributed by atoms with E-state index in [1.165, 1.54) is 11.8 Å². The van der Waals surface area contributed by atoms with Gasteiger partial charge in [-0.25, -0.2) is 4.39 Å². The van der Waals surface area contributed by atoms with Crippen LogP contribution in [0.5, 0.6) is 0 Å². The Labute approximate surface area is 124 Å². The van der Waals surface area contributed by atoms with E-state index in [2.05, 4.69) is 30.3 Å². The standard InChI is InChI=1S/C16H21FN2S/c1-11-9-13(17)6-5-12(11)7-8-19-14(16(2,3)4)10-18-15(19)20/h5-6,9-10H,7-8H2,1-4H3,(H,18,20). The molecule has 108 valence electrons. The lowest BCUT2D eigenvalue weighted by Crippen LogP contribution is -2.18. The van der Waals surface area contributed by atoms with Gasteiger partial charge in [0.05, 0.1) is 0 Å². The maximum absolute atomic E-state index is 13.1. The largest absolute Gasteiger partial charge is 0.337 e. The van der Waals surface area contributed by atoms with Crippen LogP contribution in [0.3, 0.4) is 0 Å². The first-order valence-corrected chi connectivity index (χ1v) is 7.23. The van der Waals surface area contributed by atoms with Gasteiger partial charge >= 0.3 is 0 Å². The van der Waals surface area contributed by atoms with E-state index in [0.29, 0.717) is 0 Å². The van der Waals surface area contributed by atoms with Crippen molar-refractivity contribution in [2.24, 2.45) is 0 Å². The molecule has 0 saturated heterocycles. The summed E-state index contributed by atoms with van der Waals surface area (Å²) in [4.78, 5) is 3.12. The molecule has 0 fully saturated rings. The molecule has 0 radical (unpaired) electrons. The molecule has 0 amide bonds. The summed E-state index contributed by atoms with van der Waals surface area (Å²) in [5.41, 5.74) is 3.40. The number of benzene rings is 1. The molecule has 0 unspecified atom stereocenters. The monoisotopic (exact) mass is 292 g/mol. The van der Waals surface area contributed by atoms with Crippen molar-refractivity contribution in [1.82, 2.24) is 9.55 Å². The zero-order chi connectivity index (χ0) is 14.9. The average molecular weight is 292 g/mol. The molecular formula is C16H21FN2S. The Bertz CT molecular complexity index is 662. The summed E-state index contributed by atoms with van der Waals surface area (Å²) in [6.45, 7) is 9.26. The molecule has 4 heteroatoms. The molecule has 0 aliphatic heterocycles. The van der Waals surface area contributed by atoms with E-state index in [1.807, 2.05) is 19.2 Å². The van der Waals surface area contributed by atoms with Crippen LogP contribution in [0, 0.1) is 17.5 Å². The topological polar surface area (TPSA) is 20.7 Å². The third-order valence-corrected chi connectivity index (χ3v) is 3.88. The zero-order valence-corrected chi connectivity index (χ0v) is 13.3. The minimum Gasteiger partial charge on any atom is -0.337 e. The molecule has 1 aromatic heterocycles. The Hall–Kier alpha value is -1.42. The fourth-order valence-electron chi connectivity index (χ4n) is 2.41. The highest BCUT2D eigenvalue weighted by Crippen LogP contribution is 2.23. The van der Waals surface area contributed by atoms with Crippen molar-refractivity contribution in [3.05, 3.63) is 51.8 Å². The van der Waals surface area contributed by atoms with Gasteiger partial charge in [0, 0.05) is 23.9 Å². The highest BCUT2D eigenvalue weighted by atomic mass is 32.1. The van der Waals surface area contributed by atoms with Crippen LogP contribution in [-0.4, -0.2) is 9.55 Å². The second kappa shape index (κ2) is 5.52. The summed E-state index contributed by atoms with van der Waals surface area (Å²) in [6, 6.07) is 4.96. The van der Waals surface area contributed by atoms with Crippen LogP contribution >= 0.6 is 12.2 Å². The van der Waals surface area contributed by atoms with Crippen LogP contribution in [0.15, 0.2) is 24.4 Å². The quantitative estimate of drug-likeness (QED) is 0.824. The van der Waals surface area contributed by atoms with E-state index < -0.39 is 0 Å². The van der Waals surface area contributed by atoms with Crippen molar-refractivity contribution in [3.8, 4) is 0 Å². The zero-order valence-electron chi connectivity index (χ0n) is 12.5. The number of aromatic amines is 1. The summed E-state index contributed by atoms with van der Waals surface area (Å²) < 4.78 is 16.0. The van der Waals surface area contributed by atoms with Gasteiger partial charge in [-0.15, -0.1) is 0 Å². The Morgan fingerprint density at radius 1 is 1.30 bits per heavy atom. The third-order valence-electron chi connectivity index (χ3n) is 3.55. The molecular weight excluding hydrogens is 271 g/mol. The number of nitrogens with one attached hydrogen (secondary N) is 1. The van der Waals surface area contributed by atoms with Gasteiger partial charge in [-0.2, -0.15) is 0 Å². The molecule has 20 heavy (non-hydrogen) atoms. The highest BCUT2D eigenvalue weighted by molar-refractivity contribution is 7.71. The van der Waals surface area contributed by atoms with Crippen molar-refractivity contribution < 1.29 is 4.39 Å². The summed E-state index contributed by atoms with van der Waals surface area (Å²) in [7, 11) is 0. The summed E-state index contributed by atoms with van der Waals surface area (Å²) in [5.74, 6) is -0.181. The fraction of sp³-hybridized carbons (Fsp3) is 0.438. The van der Waals surface area contributed by atoms with Crippen molar-refractivity contribution >= 4 is 12.2 Å². The Morgan fingerprint density at radius 2 is 2.00 bits per heavy atom. The van der Waals surface area contributed by atoms with E-state index in [4.69, 9.17) is 12.2 Å². The molecule has 2 nitrogen and oxygen atoms in total. The van der Waals surface area contributed by atoms with E-state index in [1.54, 1.807) is 6.07 Å². The number of aryl methyl sites for hydroxylation is 2. The molecule has 2 rings (SSSR count). The Morgan fingerprint density at radius 3 is 2.60 bits per heavy atom. The fourth-order valence-corrected chi connectivity index (χ4v) is 2.66. The van der Waals surface area contributed by atoms with Crippen molar-refractivity contribution in [3.63, 3.8) is 0 Å². The third kappa shape index (κ3) is 3.18. The van der Waals surface area contributed by atoms with Gasteiger partial charge in [-0.1, -0.05) is 26.8 Å². The number of hydrogen-bond donors (Lipinski definition) is 1. The van der Waals surface area contributed by atoms with Gasteiger partial charge in [0.25, 0.3) is 0 Å². The summed E-state index contributed by atoms with van der Waals surface area (Å²) in [5, 5.41) is 0. The van der Waals surface area contributed by atoms with Crippen LogP contribution < -0.4 is 0 Å². The van der Waals surface area contributed by atoms with Crippen molar-refractivity contribution in [2.75, 3.05) is 0 Å². The average Bonchev–Trinajstić information content (AvgIpc) is 2.69. The van der Waals surface area contributed by atoms with Gasteiger partial charge in [0.15, 0.2) is 4.77 Å². The molecule has 0 bridgehead atoms. The predicted octanol–water partition coefficient (Wildman–Crippen LogP) is 4.53. The molecule has 1 aromatic carbocycles. The van der Waals surface area contributed by atoms with Crippen LogP contribution in [0.1, 0.15) is 37.6 Å². The predicted molar refractivity (Wildman–Crippen MR) is 83.2 cm³/mol. The van der Waals surface area contributed by atoms with Crippen molar-refractivity contribution in [1.29, 1.82) is 0 Å². The lowest BCUT2D eigenvalue weighted by molar-refractivity contribution is 0.513. The smallest absolute Gasteiger partial charge is 0.177 e. The summed E-state index contributed by atoms with van der Waals surface area (Å²) >= 11 is 5.36. The lowest BCUT2D eigenvalue weighted by Gasteiger charge is -2.21. The molecule has 0 spiro atoms. The van der Waals surface area contributed by atoms with Crippen LogP contribution in [0.2, 0.25) is 0 Å². The maximum Gasteiger partial charge on any atom is 0.177 e. The number of aromatic nitrogens is 2. The lowest BCUT2D eigenvalue weighted by atomic mass is 9.92. The van der Waals surface area contributed by atoms with E-state index >= 15 is 0 Å². The van der Waals surface area contributed by atoms with E-state index in [9.17, 15) is 4.39 Å². The van der Waals surface area contributed by atoms with Crippen LogP contribution in [0.4, 0.5) is 4.39 Å².